The standard InChI is InChI=1S/C14H17FN2O/c1-3-6-16-8-13-14(18-9-17-13)11-7-10(2)4-5-12(11)15/h4-5,7,9,16H,3,6,8H2,1-2H3. The van der Waals surface area contributed by atoms with Gasteiger partial charge in [-0.2, -0.15) is 0 Å². The van der Waals surface area contributed by atoms with E-state index in [0.29, 0.717) is 17.9 Å². The quantitative estimate of drug-likeness (QED) is 0.825. The summed E-state index contributed by atoms with van der Waals surface area (Å²) in [6.07, 6.45) is 2.41. The highest BCUT2D eigenvalue weighted by atomic mass is 19.1. The first-order valence-electron chi connectivity index (χ1n) is 6.12. The summed E-state index contributed by atoms with van der Waals surface area (Å²) in [4.78, 5) is 4.14. The van der Waals surface area contributed by atoms with Gasteiger partial charge in [0.2, 0.25) is 0 Å². The molecule has 2 aromatic rings. The molecule has 0 saturated carbocycles. The number of benzene rings is 1. The molecule has 0 aliphatic carbocycles. The predicted octanol–water partition coefficient (Wildman–Crippen LogP) is 3.29. The Hall–Kier alpha value is -1.68. The van der Waals surface area contributed by atoms with Crippen LogP contribution in [-0.4, -0.2) is 11.5 Å². The van der Waals surface area contributed by atoms with Gasteiger partial charge in [-0.1, -0.05) is 18.6 Å². The van der Waals surface area contributed by atoms with Gasteiger partial charge in [0.15, 0.2) is 12.2 Å². The molecule has 1 N–H and O–H groups in total. The topological polar surface area (TPSA) is 38.1 Å². The monoisotopic (exact) mass is 248 g/mol. The van der Waals surface area contributed by atoms with Crippen LogP contribution >= 0.6 is 0 Å². The van der Waals surface area contributed by atoms with Crippen LogP contribution in [0.2, 0.25) is 0 Å². The van der Waals surface area contributed by atoms with Gasteiger partial charge in [-0.25, -0.2) is 9.37 Å². The fourth-order valence-corrected chi connectivity index (χ4v) is 1.81. The molecule has 0 aliphatic heterocycles. The fraction of sp³-hybridized carbons (Fsp3) is 0.357. The van der Waals surface area contributed by atoms with Crippen LogP contribution in [0.5, 0.6) is 0 Å². The van der Waals surface area contributed by atoms with E-state index in [-0.39, 0.29) is 5.82 Å². The minimum atomic E-state index is -0.283. The summed E-state index contributed by atoms with van der Waals surface area (Å²) in [5.74, 6) is 0.230. The van der Waals surface area contributed by atoms with Gasteiger partial charge in [-0.3, -0.25) is 0 Å². The van der Waals surface area contributed by atoms with Crippen molar-refractivity contribution in [2.45, 2.75) is 26.8 Å². The Morgan fingerprint density at radius 3 is 3.00 bits per heavy atom. The molecule has 18 heavy (non-hydrogen) atoms. The Bertz CT molecular complexity index is 522. The van der Waals surface area contributed by atoms with E-state index in [1.165, 1.54) is 12.5 Å². The summed E-state index contributed by atoms with van der Waals surface area (Å²) in [7, 11) is 0. The zero-order valence-corrected chi connectivity index (χ0v) is 10.7. The third-order valence-electron chi connectivity index (χ3n) is 2.73. The second kappa shape index (κ2) is 5.78. The summed E-state index contributed by atoms with van der Waals surface area (Å²) in [5, 5.41) is 3.24. The van der Waals surface area contributed by atoms with E-state index < -0.39 is 0 Å². The van der Waals surface area contributed by atoms with Crippen LogP contribution in [0.15, 0.2) is 29.0 Å². The number of hydrogen-bond donors (Lipinski definition) is 1. The highest BCUT2D eigenvalue weighted by Crippen LogP contribution is 2.26. The van der Waals surface area contributed by atoms with E-state index in [2.05, 4.69) is 17.2 Å². The number of oxazole rings is 1. The molecular weight excluding hydrogens is 231 g/mol. The number of hydrogen-bond acceptors (Lipinski definition) is 3. The Morgan fingerprint density at radius 2 is 2.22 bits per heavy atom. The third-order valence-corrected chi connectivity index (χ3v) is 2.73. The van der Waals surface area contributed by atoms with E-state index >= 15 is 0 Å². The average Bonchev–Trinajstić information content (AvgIpc) is 2.81. The molecule has 0 unspecified atom stereocenters. The molecule has 96 valence electrons. The Kier molecular flexibility index (Phi) is 4.10. The Labute approximate surface area is 106 Å². The molecule has 0 atom stereocenters. The van der Waals surface area contributed by atoms with Crippen LogP contribution in [-0.2, 0) is 6.54 Å². The number of nitrogens with one attached hydrogen (secondary N) is 1. The molecule has 0 fully saturated rings. The van der Waals surface area contributed by atoms with Crippen LogP contribution in [0.25, 0.3) is 11.3 Å². The van der Waals surface area contributed by atoms with Crippen molar-refractivity contribution >= 4 is 0 Å². The van der Waals surface area contributed by atoms with Gasteiger partial charge in [0.05, 0.1) is 5.56 Å². The van der Waals surface area contributed by atoms with Crippen molar-refractivity contribution in [1.82, 2.24) is 10.3 Å². The molecule has 1 aromatic heterocycles. The lowest BCUT2D eigenvalue weighted by Crippen LogP contribution is -2.14. The van der Waals surface area contributed by atoms with Crippen molar-refractivity contribution in [2.24, 2.45) is 0 Å². The Balaban J connectivity index is 2.27. The van der Waals surface area contributed by atoms with Gasteiger partial charge in [0, 0.05) is 6.54 Å². The van der Waals surface area contributed by atoms with Crippen LogP contribution in [0.1, 0.15) is 24.6 Å². The van der Waals surface area contributed by atoms with E-state index in [0.717, 1.165) is 24.2 Å². The molecule has 0 aliphatic rings. The highest BCUT2D eigenvalue weighted by Gasteiger charge is 2.14. The zero-order valence-electron chi connectivity index (χ0n) is 10.7. The smallest absolute Gasteiger partial charge is 0.181 e. The zero-order chi connectivity index (χ0) is 13.0. The summed E-state index contributed by atoms with van der Waals surface area (Å²) in [6.45, 7) is 5.51. The maximum absolute atomic E-state index is 13.8. The molecule has 0 spiro atoms. The summed E-state index contributed by atoms with van der Waals surface area (Å²) in [6, 6.07) is 4.97. The molecule has 0 saturated heterocycles. The molecular formula is C14H17FN2O. The normalized spacial score (nSPS) is 10.8. The van der Waals surface area contributed by atoms with Crippen molar-refractivity contribution in [3.05, 3.63) is 41.7 Å². The largest absolute Gasteiger partial charge is 0.443 e. The predicted molar refractivity (Wildman–Crippen MR) is 68.6 cm³/mol. The lowest BCUT2D eigenvalue weighted by atomic mass is 10.1. The number of aromatic nitrogens is 1. The van der Waals surface area contributed by atoms with Crippen LogP contribution < -0.4 is 5.32 Å². The van der Waals surface area contributed by atoms with Gasteiger partial charge in [-0.05, 0) is 32.0 Å². The van der Waals surface area contributed by atoms with Crippen LogP contribution in [0.4, 0.5) is 4.39 Å². The van der Waals surface area contributed by atoms with Gasteiger partial charge in [0.25, 0.3) is 0 Å². The summed E-state index contributed by atoms with van der Waals surface area (Å²) >= 11 is 0. The average molecular weight is 248 g/mol. The molecule has 0 amide bonds. The molecule has 3 nitrogen and oxygen atoms in total. The molecule has 1 aromatic carbocycles. The Morgan fingerprint density at radius 1 is 1.39 bits per heavy atom. The minimum Gasteiger partial charge on any atom is -0.443 e. The SMILES string of the molecule is CCCNCc1ncoc1-c1cc(C)ccc1F. The van der Waals surface area contributed by atoms with E-state index in [9.17, 15) is 4.39 Å². The summed E-state index contributed by atoms with van der Waals surface area (Å²) < 4.78 is 19.1. The molecule has 4 heteroatoms. The summed E-state index contributed by atoms with van der Waals surface area (Å²) in [5.41, 5.74) is 2.21. The molecule has 0 radical (unpaired) electrons. The second-order valence-electron chi connectivity index (χ2n) is 4.29. The highest BCUT2D eigenvalue weighted by molar-refractivity contribution is 5.61. The van der Waals surface area contributed by atoms with Gasteiger partial charge in [0.1, 0.15) is 11.5 Å². The lowest BCUT2D eigenvalue weighted by Gasteiger charge is -2.05. The first-order chi connectivity index (χ1) is 8.72. The van der Waals surface area contributed by atoms with Crippen molar-refractivity contribution in [3.63, 3.8) is 0 Å². The molecule has 2 rings (SSSR count). The fourth-order valence-electron chi connectivity index (χ4n) is 1.81. The number of halogens is 1. The van der Waals surface area contributed by atoms with Gasteiger partial charge in [-0.15, -0.1) is 0 Å². The van der Waals surface area contributed by atoms with Crippen molar-refractivity contribution in [2.75, 3.05) is 6.54 Å². The van der Waals surface area contributed by atoms with Gasteiger partial charge >= 0.3 is 0 Å². The number of nitrogens with zero attached hydrogens (tertiary/aromatic N) is 1. The first kappa shape index (κ1) is 12.8. The van der Waals surface area contributed by atoms with E-state index in [1.54, 1.807) is 12.1 Å². The minimum absolute atomic E-state index is 0.283. The van der Waals surface area contributed by atoms with E-state index in [1.807, 2.05) is 6.92 Å². The number of aryl methyl sites for hydroxylation is 1. The van der Waals surface area contributed by atoms with E-state index in [4.69, 9.17) is 4.42 Å². The number of rotatable bonds is 5. The maximum Gasteiger partial charge on any atom is 0.181 e. The van der Waals surface area contributed by atoms with Crippen molar-refractivity contribution < 1.29 is 8.81 Å². The second-order valence-corrected chi connectivity index (χ2v) is 4.29. The first-order valence-corrected chi connectivity index (χ1v) is 6.12. The molecule has 1 heterocycles. The maximum atomic E-state index is 13.8. The van der Waals surface area contributed by atoms with Crippen molar-refractivity contribution in [1.29, 1.82) is 0 Å². The third kappa shape index (κ3) is 2.76. The molecule has 0 bridgehead atoms. The van der Waals surface area contributed by atoms with Crippen LogP contribution in [0.3, 0.4) is 0 Å². The van der Waals surface area contributed by atoms with Gasteiger partial charge < -0.3 is 9.73 Å². The lowest BCUT2D eigenvalue weighted by molar-refractivity contribution is 0.558. The van der Waals surface area contributed by atoms with Crippen molar-refractivity contribution in [3.8, 4) is 11.3 Å². The van der Waals surface area contributed by atoms with Crippen LogP contribution in [0, 0.1) is 12.7 Å².